The average molecular weight is 287 g/mol. The van der Waals surface area contributed by atoms with Gasteiger partial charge >= 0.3 is 0 Å². The molecule has 0 saturated carbocycles. The highest BCUT2D eigenvalue weighted by Gasteiger charge is 2.16. The van der Waals surface area contributed by atoms with Crippen molar-refractivity contribution in [2.45, 2.75) is 32.6 Å². The lowest BCUT2D eigenvalue weighted by molar-refractivity contribution is 0.545. The standard InChI is InChI=1S/C16H21N3S/c1-16(2,3)15-18-13(11-14(20)19-15)17-10-9-12-7-5-4-6-8-12/h4-8,11H,9-10H2,1-3H3,(H2,17,18,19,20). The number of nitrogens with one attached hydrogen (secondary N) is 2. The molecule has 0 radical (unpaired) electrons. The first-order valence-corrected chi connectivity index (χ1v) is 7.25. The second kappa shape index (κ2) is 6.18. The number of hydrogen-bond donors (Lipinski definition) is 2. The molecule has 3 nitrogen and oxygen atoms in total. The smallest absolute Gasteiger partial charge is 0.131 e. The Kier molecular flexibility index (Phi) is 4.55. The van der Waals surface area contributed by atoms with E-state index in [0.29, 0.717) is 4.64 Å². The third-order valence-electron chi connectivity index (χ3n) is 3.03. The van der Waals surface area contributed by atoms with E-state index in [0.717, 1.165) is 24.6 Å². The number of hydrogen-bond acceptors (Lipinski definition) is 3. The van der Waals surface area contributed by atoms with E-state index in [2.05, 4.69) is 60.3 Å². The fourth-order valence-electron chi connectivity index (χ4n) is 1.89. The summed E-state index contributed by atoms with van der Waals surface area (Å²) in [6.07, 6.45) is 0.981. The molecule has 0 aliphatic rings. The third kappa shape index (κ3) is 4.17. The number of aromatic nitrogens is 2. The topological polar surface area (TPSA) is 40.7 Å². The molecule has 2 N–H and O–H groups in total. The third-order valence-corrected chi connectivity index (χ3v) is 3.23. The van der Waals surface area contributed by atoms with Crippen LogP contribution in [-0.4, -0.2) is 16.5 Å². The molecule has 0 saturated heterocycles. The van der Waals surface area contributed by atoms with Crippen LogP contribution in [0.3, 0.4) is 0 Å². The number of benzene rings is 1. The summed E-state index contributed by atoms with van der Waals surface area (Å²) in [6, 6.07) is 12.3. The summed E-state index contributed by atoms with van der Waals surface area (Å²) in [7, 11) is 0. The second-order valence-corrected chi connectivity index (χ2v) is 6.31. The Morgan fingerprint density at radius 3 is 2.55 bits per heavy atom. The molecule has 1 aromatic carbocycles. The van der Waals surface area contributed by atoms with Gasteiger partial charge in [0.1, 0.15) is 16.3 Å². The van der Waals surface area contributed by atoms with Crippen molar-refractivity contribution in [2.75, 3.05) is 11.9 Å². The van der Waals surface area contributed by atoms with E-state index in [-0.39, 0.29) is 5.41 Å². The van der Waals surface area contributed by atoms with E-state index in [4.69, 9.17) is 12.2 Å². The van der Waals surface area contributed by atoms with Crippen molar-refractivity contribution in [1.82, 2.24) is 9.97 Å². The summed E-state index contributed by atoms with van der Waals surface area (Å²) in [6.45, 7) is 7.22. The van der Waals surface area contributed by atoms with Gasteiger partial charge in [0, 0.05) is 18.0 Å². The monoisotopic (exact) mass is 287 g/mol. The maximum absolute atomic E-state index is 5.23. The molecule has 106 valence electrons. The largest absolute Gasteiger partial charge is 0.371 e. The van der Waals surface area contributed by atoms with E-state index in [9.17, 15) is 0 Å². The number of anilines is 1. The summed E-state index contributed by atoms with van der Waals surface area (Å²) in [5.74, 6) is 1.85. The van der Waals surface area contributed by atoms with Gasteiger partial charge in [-0.2, -0.15) is 0 Å². The molecule has 1 aromatic heterocycles. The molecule has 2 rings (SSSR count). The maximum atomic E-state index is 5.23. The lowest BCUT2D eigenvalue weighted by atomic mass is 9.96. The Bertz CT molecular complexity index is 612. The average Bonchev–Trinajstić information content (AvgIpc) is 2.38. The van der Waals surface area contributed by atoms with Gasteiger partial charge in [-0.3, -0.25) is 0 Å². The zero-order valence-electron chi connectivity index (χ0n) is 12.2. The van der Waals surface area contributed by atoms with Gasteiger partial charge in [0.05, 0.1) is 0 Å². The first-order chi connectivity index (χ1) is 9.45. The number of rotatable bonds is 4. The van der Waals surface area contributed by atoms with Crippen LogP contribution in [0.2, 0.25) is 0 Å². The maximum Gasteiger partial charge on any atom is 0.131 e. The van der Waals surface area contributed by atoms with Crippen molar-refractivity contribution < 1.29 is 0 Å². The Hall–Kier alpha value is -1.68. The van der Waals surface area contributed by atoms with Crippen LogP contribution in [0, 0.1) is 4.64 Å². The minimum absolute atomic E-state index is 0.0370. The van der Waals surface area contributed by atoms with Gasteiger partial charge in [-0.15, -0.1) is 0 Å². The summed E-state index contributed by atoms with van der Waals surface area (Å²) in [5.41, 5.74) is 1.29. The number of H-pyrrole nitrogens is 1. The van der Waals surface area contributed by atoms with Crippen molar-refractivity contribution in [3.05, 3.63) is 52.4 Å². The summed E-state index contributed by atoms with van der Waals surface area (Å²) in [5, 5.41) is 3.38. The molecule has 0 fully saturated rings. The fraction of sp³-hybridized carbons (Fsp3) is 0.375. The molecule has 4 heteroatoms. The van der Waals surface area contributed by atoms with Crippen LogP contribution in [0.4, 0.5) is 5.82 Å². The van der Waals surface area contributed by atoms with Gasteiger partial charge in [0.2, 0.25) is 0 Å². The van der Waals surface area contributed by atoms with Crippen LogP contribution in [0.1, 0.15) is 32.2 Å². The summed E-state index contributed by atoms with van der Waals surface area (Å²) < 4.78 is 0.621. The van der Waals surface area contributed by atoms with E-state index < -0.39 is 0 Å². The predicted octanol–water partition coefficient (Wildman–Crippen LogP) is 4.09. The van der Waals surface area contributed by atoms with Gasteiger partial charge in [-0.25, -0.2) is 4.98 Å². The highest BCUT2D eigenvalue weighted by Crippen LogP contribution is 2.19. The predicted molar refractivity (Wildman–Crippen MR) is 86.8 cm³/mol. The van der Waals surface area contributed by atoms with Crippen LogP contribution in [0.5, 0.6) is 0 Å². The van der Waals surface area contributed by atoms with Crippen LogP contribution in [0.25, 0.3) is 0 Å². The van der Waals surface area contributed by atoms with Crippen molar-refractivity contribution in [1.29, 1.82) is 0 Å². The lowest BCUT2D eigenvalue weighted by Gasteiger charge is -2.18. The molecule has 1 heterocycles. The summed E-state index contributed by atoms with van der Waals surface area (Å²) >= 11 is 5.23. The molecule has 2 aromatic rings. The van der Waals surface area contributed by atoms with Crippen LogP contribution >= 0.6 is 12.2 Å². The molecule has 0 amide bonds. The number of aromatic amines is 1. The van der Waals surface area contributed by atoms with Gasteiger partial charge in [0.15, 0.2) is 0 Å². The highest BCUT2D eigenvalue weighted by molar-refractivity contribution is 7.71. The second-order valence-electron chi connectivity index (χ2n) is 5.89. The Labute approximate surface area is 125 Å². The molecule has 0 bridgehead atoms. The van der Waals surface area contributed by atoms with Crippen LogP contribution < -0.4 is 5.32 Å². The fourth-order valence-corrected chi connectivity index (χ4v) is 2.10. The highest BCUT2D eigenvalue weighted by atomic mass is 32.1. The molecule has 0 spiro atoms. The number of nitrogens with zero attached hydrogens (tertiary/aromatic N) is 1. The molecular weight excluding hydrogens is 266 g/mol. The Balaban J connectivity index is 2.03. The van der Waals surface area contributed by atoms with Gasteiger partial charge in [0.25, 0.3) is 0 Å². The SMILES string of the molecule is CC(C)(C)c1nc(=S)cc(NCCc2ccccc2)[nH]1. The molecular formula is C16H21N3S. The normalized spacial score (nSPS) is 11.3. The quantitative estimate of drug-likeness (QED) is 0.832. The van der Waals surface area contributed by atoms with Crippen molar-refractivity contribution in [3.8, 4) is 0 Å². The van der Waals surface area contributed by atoms with Crippen LogP contribution in [0.15, 0.2) is 36.4 Å². The first kappa shape index (κ1) is 14.7. The van der Waals surface area contributed by atoms with Gasteiger partial charge < -0.3 is 10.3 Å². The van der Waals surface area contributed by atoms with Crippen molar-refractivity contribution in [2.24, 2.45) is 0 Å². The summed E-state index contributed by atoms with van der Waals surface area (Å²) in [4.78, 5) is 7.71. The van der Waals surface area contributed by atoms with Gasteiger partial charge in [-0.1, -0.05) is 63.3 Å². The van der Waals surface area contributed by atoms with E-state index in [1.54, 1.807) is 0 Å². The first-order valence-electron chi connectivity index (χ1n) is 6.85. The van der Waals surface area contributed by atoms with E-state index in [1.807, 2.05) is 12.1 Å². The van der Waals surface area contributed by atoms with Crippen LogP contribution in [-0.2, 0) is 11.8 Å². The minimum atomic E-state index is -0.0370. The molecule has 0 aliphatic carbocycles. The van der Waals surface area contributed by atoms with Gasteiger partial charge in [-0.05, 0) is 12.0 Å². The zero-order valence-corrected chi connectivity index (χ0v) is 13.1. The Morgan fingerprint density at radius 2 is 1.90 bits per heavy atom. The molecule has 20 heavy (non-hydrogen) atoms. The van der Waals surface area contributed by atoms with E-state index in [1.165, 1.54) is 5.56 Å². The van der Waals surface area contributed by atoms with Crippen molar-refractivity contribution in [3.63, 3.8) is 0 Å². The molecule has 0 aliphatic heterocycles. The lowest BCUT2D eigenvalue weighted by Crippen LogP contribution is -2.17. The minimum Gasteiger partial charge on any atom is -0.371 e. The molecule has 0 atom stereocenters. The molecule has 0 unspecified atom stereocenters. The van der Waals surface area contributed by atoms with Crippen molar-refractivity contribution >= 4 is 18.0 Å². The Morgan fingerprint density at radius 1 is 1.20 bits per heavy atom. The van der Waals surface area contributed by atoms with E-state index >= 15 is 0 Å². The zero-order chi connectivity index (χ0) is 14.6.